The zero-order valence-electron chi connectivity index (χ0n) is 16.5. The maximum absolute atomic E-state index is 12.4. The minimum absolute atomic E-state index is 0.0106. The van der Waals surface area contributed by atoms with Crippen LogP contribution in [0.2, 0.25) is 0 Å². The Kier molecular flexibility index (Phi) is 7.42. The summed E-state index contributed by atoms with van der Waals surface area (Å²) in [6.07, 6.45) is 0.0242. The fourth-order valence-electron chi connectivity index (χ4n) is 2.85. The van der Waals surface area contributed by atoms with E-state index in [-0.39, 0.29) is 30.3 Å². The molecule has 1 amide bonds. The van der Waals surface area contributed by atoms with E-state index in [0.29, 0.717) is 17.1 Å². The number of aryl methyl sites for hydroxylation is 2. The lowest BCUT2D eigenvalue weighted by molar-refractivity contribution is -0.121. The third kappa shape index (κ3) is 5.46. The van der Waals surface area contributed by atoms with E-state index in [4.69, 9.17) is 9.47 Å². The molecular formula is C20H26N2O5S. The van der Waals surface area contributed by atoms with Gasteiger partial charge in [-0.1, -0.05) is 29.8 Å². The second kappa shape index (κ2) is 9.57. The fraction of sp³-hybridized carbons (Fsp3) is 0.350. The number of ether oxygens (including phenoxy) is 2. The normalized spacial score (nSPS) is 11.1. The second-order valence-corrected chi connectivity index (χ2v) is 8.08. The summed E-state index contributed by atoms with van der Waals surface area (Å²) in [5, 5.41) is 2.76. The number of benzene rings is 2. The molecule has 2 N–H and O–H groups in total. The number of amides is 1. The van der Waals surface area contributed by atoms with Crippen LogP contribution in [0.3, 0.4) is 0 Å². The van der Waals surface area contributed by atoms with Crippen LogP contribution in [0, 0.1) is 13.8 Å². The Bertz CT molecular complexity index is 942. The van der Waals surface area contributed by atoms with Crippen LogP contribution < -0.4 is 19.5 Å². The SMILES string of the molecule is COc1cccc(CNC(=O)CCNS(=O)(=O)c2ccc(C)cc2C)c1OC. The van der Waals surface area contributed by atoms with Gasteiger partial charge in [0.15, 0.2) is 11.5 Å². The lowest BCUT2D eigenvalue weighted by atomic mass is 10.2. The zero-order valence-corrected chi connectivity index (χ0v) is 17.4. The molecule has 0 heterocycles. The number of carbonyl (C=O) groups is 1. The van der Waals surface area contributed by atoms with Gasteiger partial charge >= 0.3 is 0 Å². The van der Waals surface area contributed by atoms with Crippen molar-refractivity contribution in [3.63, 3.8) is 0 Å². The third-order valence-electron chi connectivity index (χ3n) is 4.22. The number of sulfonamides is 1. The molecule has 7 nitrogen and oxygen atoms in total. The van der Waals surface area contributed by atoms with Crippen LogP contribution in [-0.4, -0.2) is 35.1 Å². The highest BCUT2D eigenvalue weighted by atomic mass is 32.2. The Morgan fingerprint density at radius 1 is 1.07 bits per heavy atom. The third-order valence-corrected chi connectivity index (χ3v) is 5.85. The molecular weight excluding hydrogens is 380 g/mol. The Balaban J connectivity index is 1.89. The largest absolute Gasteiger partial charge is 0.493 e. The number of carbonyl (C=O) groups excluding carboxylic acids is 1. The lowest BCUT2D eigenvalue weighted by Gasteiger charge is -2.13. The van der Waals surface area contributed by atoms with Gasteiger partial charge in [0.1, 0.15) is 0 Å². The van der Waals surface area contributed by atoms with Crippen LogP contribution >= 0.6 is 0 Å². The van der Waals surface area contributed by atoms with E-state index >= 15 is 0 Å². The molecule has 2 aromatic carbocycles. The van der Waals surface area contributed by atoms with Gasteiger partial charge in [-0.3, -0.25) is 4.79 Å². The van der Waals surface area contributed by atoms with Crippen LogP contribution in [0.15, 0.2) is 41.3 Å². The number of hydrogen-bond donors (Lipinski definition) is 2. The first-order valence-electron chi connectivity index (χ1n) is 8.82. The van der Waals surface area contributed by atoms with Crippen molar-refractivity contribution in [3.8, 4) is 11.5 Å². The van der Waals surface area contributed by atoms with Crippen LogP contribution in [0.25, 0.3) is 0 Å². The summed E-state index contributed by atoms with van der Waals surface area (Å²) in [5.74, 6) is 0.865. The monoisotopic (exact) mass is 406 g/mol. The average molecular weight is 407 g/mol. The average Bonchev–Trinajstić information content (AvgIpc) is 2.65. The van der Waals surface area contributed by atoms with Crippen LogP contribution in [-0.2, 0) is 21.4 Å². The van der Waals surface area contributed by atoms with Crippen LogP contribution in [0.4, 0.5) is 0 Å². The summed E-state index contributed by atoms with van der Waals surface area (Å²) in [5.41, 5.74) is 2.43. The summed E-state index contributed by atoms with van der Waals surface area (Å²) in [4.78, 5) is 12.3. The Morgan fingerprint density at radius 2 is 1.82 bits per heavy atom. The first kappa shape index (κ1) is 21.7. The van der Waals surface area contributed by atoms with Crippen molar-refractivity contribution >= 4 is 15.9 Å². The van der Waals surface area contributed by atoms with E-state index in [1.54, 1.807) is 38.3 Å². The van der Waals surface area contributed by atoms with Crippen molar-refractivity contribution < 1.29 is 22.7 Å². The Labute approximate surface area is 166 Å². The topological polar surface area (TPSA) is 93.7 Å². The number of methoxy groups -OCH3 is 2. The second-order valence-electron chi connectivity index (χ2n) is 6.35. The molecule has 0 aliphatic rings. The summed E-state index contributed by atoms with van der Waals surface area (Å²) in [6.45, 7) is 3.91. The molecule has 0 atom stereocenters. The van der Waals surface area contributed by atoms with Gasteiger partial charge in [-0.15, -0.1) is 0 Å². The van der Waals surface area contributed by atoms with Crippen LogP contribution in [0.1, 0.15) is 23.1 Å². The van der Waals surface area contributed by atoms with Gasteiger partial charge in [-0.2, -0.15) is 0 Å². The zero-order chi connectivity index (χ0) is 20.7. The molecule has 28 heavy (non-hydrogen) atoms. The number of para-hydroxylation sites is 1. The van der Waals surface area contributed by atoms with E-state index < -0.39 is 10.0 Å². The number of rotatable bonds is 9. The lowest BCUT2D eigenvalue weighted by Crippen LogP contribution is -2.31. The summed E-state index contributed by atoms with van der Waals surface area (Å²) >= 11 is 0. The van der Waals surface area contributed by atoms with Gasteiger partial charge in [0, 0.05) is 25.1 Å². The molecule has 0 radical (unpaired) electrons. The Hall–Kier alpha value is -2.58. The van der Waals surface area contributed by atoms with Crippen LogP contribution in [0.5, 0.6) is 11.5 Å². The van der Waals surface area contributed by atoms with Crippen molar-refractivity contribution in [3.05, 3.63) is 53.1 Å². The minimum atomic E-state index is -3.66. The first-order chi connectivity index (χ1) is 13.3. The summed E-state index contributed by atoms with van der Waals surface area (Å²) in [6, 6.07) is 10.5. The predicted octanol–water partition coefficient (Wildman–Crippen LogP) is 2.31. The molecule has 0 unspecified atom stereocenters. The first-order valence-corrected chi connectivity index (χ1v) is 10.3. The van der Waals surface area contributed by atoms with Gasteiger partial charge in [-0.05, 0) is 31.5 Å². The molecule has 0 saturated carbocycles. The molecule has 8 heteroatoms. The molecule has 0 aliphatic heterocycles. The molecule has 0 saturated heterocycles. The highest BCUT2D eigenvalue weighted by Crippen LogP contribution is 2.30. The molecule has 0 aromatic heterocycles. The quantitative estimate of drug-likeness (QED) is 0.667. The maximum atomic E-state index is 12.4. The summed E-state index contributed by atoms with van der Waals surface area (Å²) < 4.78 is 37.8. The van der Waals surface area contributed by atoms with Crippen molar-refractivity contribution in [2.45, 2.75) is 31.7 Å². The van der Waals surface area contributed by atoms with Crippen molar-refractivity contribution in [1.29, 1.82) is 0 Å². The maximum Gasteiger partial charge on any atom is 0.240 e. The van der Waals surface area contributed by atoms with Crippen molar-refractivity contribution in [1.82, 2.24) is 10.0 Å². The van der Waals surface area contributed by atoms with Gasteiger partial charge in [0.2, 0.25) is 15.9 Å². The highest BCUT2D eigenvalue weighted by molar-refractivity contribution is 7.89. The molecule has 2 aromatic rings. The molecule has 0 bridgehead atoms. The molecule has 152 valence electrons. The van der Waals surface area contributed by atoms with Gasteiger partial charge in [0.25, 0.3) is 0 Å². The molecule has 0 aliphatic carbocycles. The smallest absolute Gasteiger partial charge is 0.240 e. The molecule has 2 rings (SSSR count). The number of nitrogens with one attached hydrogen (secondary N) is 2. The van der Waals surface area contributed by atoms with E-state index in [2.05, 4.69) is 10.0 Å². The van der Waals surface area contributed by atoms with Crippen molar-refractivity contribution in [2.75, 3.05) is 20.8 Å². The van der Waals surface area contributed by atoms with Crippen molar-refractivity contribution in [2.24, 2.45) is 0 Å². The number of hydrogen-bond acceptors (Lipinski definition) is 5. The van der Waals surface area contributed by atoms with Gasteiger partial charge < -0.3 is 14.8 Å². The standard InChI is InChI=1S/C20H26N2O5S/c1-14-8-9-18(15(2)12-14)28(24,25)22-11-10-19(23)21-13-16-6-5-7-17(26-3)20(16)27-4/h5-9,12,22H,10-11,13H2,1-4H3,(H,21,23). The Morgan fingerprint density at radius 3 is 2.46 bits per heavy atom. The predicted molar refractivity (Wildman–Crippen MR) is 107 cm³/mol. The van der Waals surface area contributed by atoms with Gasteiger partial charge in [-0.25, -0.2) is 13.1 Å². The molecule has 0 spiro atoms. The van der Waals surface area contributed by atoms with E-state index in [1.165, 1.54) is 7.11 Å². The molecule has 0 fully saturated rings. The minimum Gasteiger partial charge on any atom is -0.493 e. The van der Waals surface area contributed by atoms with E-state index in [0.717, 1.165) is 11.1 Å². The van der Waals surface area contributed by atoms with Gasteiger partial charge in [0.05, 0.1) is 19.1 Å². The fourth-order valence-corrected chi connectivity index (χ4v) is 4.11. The van der Waals surface area contributed by atoms with E-state index in [9.17, 15) is 13.2 Å². The highest BCUT2D eigenvalue weighted by Gasteiger charge is 2.17. The van der Waals surface area contributed by atoms with E-state index in [1.807, 2.05) is 19.1 Å². The summed E-state index contributed by atoms with van der Waals surface area (Å²) in [7, 11) is -0.580.